The van der Waals surface area contributed by atoms with Crippen molar-refractivity contribution in [3.63, 3.8) is 0 Å². The average molecular weight is 329 g/mol. The molecule has 0 saturated heterocycles. The van der Waals surface area contributed by atoms with E-state index in [2.05, 4.69) is 26.9 Å². The van der Waals surface area contributed by atoms with Crippen molar-refractivity contribution in [2.45, 2.75) is 18.5 Å². The largest absolute Gasteiger partial charge is 0.348 e. The molecule has 1 aliphatic heterocycles. The van der Waals surface area contributed by atoms with Crippen LogP contribution < -0.4 is 22.7 Å². The second kappa shape index (κ2) is 6.09. The molecule has 0 saturated carbocycles. The van der Waals surface area contributed by atoms with Crippen LogP contribution in [-0.2, 0) is 6.42 Å². The molecule has 1 unspecified atom stereocenters. The molecule has 8 N–H and O–H groups in total. The van der Waals surface area contributed by atoms with E-state index in [-0.39, 0.29) is 6.15 Å². The summed E-state index contributed by atoms with van der Waals surface area (Å²) in [6, 6.07) is 8.13. The Morgan fingerprint density at radius 2 is 2.13 bits per heavy atom. The second-order valence-electron chi connectivity index (χ2n) is 5.36. The number of rotatable bonds is 4. The van der Waals surface area contributed by atoms with Gasteiger partial charge in [0.05, 0.1) is 16.5 Å². The quantitative estimate of drug-likeness (QED) is 0.498. The van der Waals surface area contributed by atoms with E-state index in [1.807, 2.05) is 30.6 Å². The van der Waals surface area contributed by atoms with E-state index in [0.29, 0.717) is 0 Å². The number of nitrogens with one attached hydrogen (secondary N) is 3. The Labute approximate surface area is 137 Å². The molecular formula is C15H19N7S. The molecule has 0 amide bonds. The highest BCUT2D eigenvalue weighted by atomic mass is 32.1. The highest BCUT2D eigenvalue weighted by Gasteiger charge is 2.35. The number of nitrogens with zero attached hydrogens (tertiary/aromatic N) is 2. The number of hydrogen-bond donors (Lipinski definition) is 5. The van der Waals surface area contributed by atoms with E-state index in [1.165, 1.54) is 4.70 Å². The Hall–Kier alpha value is -2.26. The lowest BCUT2D eigenvalue weighted by Crippen LogP contribution is -2.54. The van der Waals surface area contributed by atoms with Gasteiger partial charge in [0.15, 0.2) is 0 Å². The van der Waals surface area contributed by atoms with Crippen LogP contribution >= 0.6 is 11.3 Å². The molecule has 4 rings (SSSR count). The number of aryl methyl sites for hydroxylation is 1. The molecular weight excluding hydrogens is 310 g/mol. The number of para-hydroxylation sites is 1. The van der Waals surface area contributed by atoms with E-state index in [4.69, 9.17) is 10.7 Å². The Balaban J connectivity index is 0.00000156. The first kappa shape index (κ1) is 15.6. The van der Waals surface area contributed by atoms with Crippen LogP contribution in [0, 0.1) is 0 Å². The first-order chi connectivity index (χ1) is 10.7. The average Bonchev–Trinajstić information content (AvgIpc) is 3.24. The third-order valence-electron chi connectivity index (χ3n) is 3.86. The van der Waals surface area contributed by atoms with E-state index in [1.54, 1.807) is 17.7 Å². The zero-order valence-corrected chi connectivity index (χ0v) is 13.4. The summed E-state index contributed by atoms with van der Waals surface area (Å²) in [6.07, 6.45) is 6.97. The Morgan fingerprint density at radius 3 is 2.91 bits per heavy atom. The zero-order chi connectivity index (χ0) is 15.0. The number of fused-ring (bicyclic) bond motifs is 1. The standard InChI is InChI=1S/C15H16N6S.H3N/c16-15(6-5-10-7-17-9-18-10)11(8-19-21-15)14-20-12-3-1-2-4-13(12)22-14;/h1-4,7-9,19,21H,5-6,16H2,(H,17,18);1H3. The summed E-state index contributed by atoms with van der Waals surface area (Å²) in [6.45, 7) is 0. The van der Waals surface area contributed by atoms with Crippen LogP contribution in [0.25, 0.3) is 15.8 Å². The van der Waals surface area contributed by atoms with Gasteiger partial charge in [-0.15, -0.1) is 11.3 Å². The lowest BCUT2D eigenvalue weighted by molar-refractivity contribution is 0.397. The maximum Gasteiger partial charge on any atom is 0.125 e. The first-order valence-electron chi connectivity index (χ1n) is 7.10. The fourth-order valence-corrected chi connectivity index (χ4v) is 3.69. The van der Waals surface area contributed by atoms with Crippen LogP contribution in [0.4, 0.5) is 0 Å². The number of hydrogen-bond acceptors (Lipinski definition) is 7. The minimum Gasteiger partial charge on any atom is -0.348 e. The normalized spacial score (nSPS) is 20.1. The van der Waals surface area contributed by atoms with Crippen molar-refractivity contribution < 1.29 is 0 Å². The summed E-state index contributed by atoms with van der Waals surface area (Å²) >= 11 is 1.66. The molecule has 7 nitrogen and oxygen atoms in total. The van der Waals surface area contributed by atoms with Gasteiger partial charge in [-0.3, -0.25) is 0 Å². The fraction of sp³-hybridized carbons (Fsp3) is 0.200. The summed E-state index contributed by atoms with van der Waals surface area (Å²) < 4.78 is 1.17. The third-order valence-corrected chi connectivity index (χ3v) is 4.93. The van der Waals surface area contributed by atoms with Gasteiger partial charge < -0.3 is 22.3 Å². The number of benzene rings is 1. The first-order valence-corrected chi connectivity index (χ1v) is 7.92. The lowest BCUT2D eigenvalue weighted by Gasteiger charge is -2.26. The predicted molar refractivity (Wildman–Crippen MR) is 92.7 cm³/mol. The predicted octanol–water partition coefficient (Wildman–Crippen LogP) is 1.92. The minimum atomic E-state index is -0.640. The maximum absolute atomic E-state index is 6.56. The van der Waals surface area contributed by atoms with Crippen molar-refractivity contribution in [3.8, 4) is 0 Å². The van der Waals surface area contributed by atoms with Crippen LogP contribution in [0.15, 0.2) is 43.0 Å². The Bertz CT molecular complexity index is 790. The van der Waals surface area contributed by atoms with Gasteiger partial charge in [0.1, 0.15) is 10.7 Å². The zero-order valence-electron chi connectivity index (χ0n) is 12.5. The molecule has 0 aliphatic carbocycles. The van der Waals surface area contributed by atoms with Gasteiger partial charge >= 0.3 is 0 Å². The molecule has 1 aliphatic rings. The van der Waals surface area contributed by atoms with Gasteiger partial charge in [0.2, 0.25) is 0 Å². The van der Waals surface area contributed by atoms with Crippen molar-refractivity contribution in [1.29, 1.82) is 0 Å². The Morgan fingerprint density at radius 1 is 1.26 bits per heavy atom. The summed E-state index contributed by atoms with van der Waals surface area (Å²) in [5.74, 6) is 0. The van der Waals surface area contributed by atoms with Crippen LogP contribution in [0.5, 0.6) is 0 Å². The molecule has 120 valence electrons. The maximum atomic E-state index is 6.56. The van der Waals surface area contributed by atoms with Gasteiger partial charge in [0, 0.05) is 23.7 Å². The van der Waals surface area contributed by atoms with E-state index >= 15 is 0 Å². The minimum absolute atomic E-state index is 0. The molecule has 3 aromatic rings. The van der Waals surface area contributed by atoms with Gasteiger partial charge in [-0.25, -0.2) is 15.4 Å². The molecule has 1 atom stereocenters. The molecule has 2 aromatic heterocycles. The molecule has 0 radical (unpaired) electrons. The van der Waals surface area contributed by atoms with E-state index in [9.17, 15) is 0 Å². The van der Waals surface area contributed by atoms with Gasteiger partial charge in [0.25, 0.3) is 0 Å². The molecule has 3 heterocycles. The number of thiazole rings is 1. The molecule has 8 heteroatoms. The second-order valence-corrected chi connectivity index (χ2v) is 6.39. The van der Waals surface area contributed by atoms with Crippen molar-refractivity contribution in [2.75, 3.05) is 0 Å². The van der Waals surface area contributed by atoms with Crippen molar-refractivity contribution >= 4 is 27.1 Å². The van der Waals surface area contributed by atoms with Crippen LogP contribution in [0.3, 0.4) is 0 Å². The molecule has 0 spiro atoms. The molecule has 23 heavy (non-hydrogen) atoms. The smallest absolute Gasteiger partial charge is 0.125 e. The lowest BCUT2D eigenvalue weighted by atomic mass is 9.97. The summed E-state index contributed by atoms with van der Waals surface area (Å²) in [5.41, 5.74) is 15.2. The van der Waals surface area contributed by atoms with Crippen LogP contribution in [0.2, 0.25) is 0 Å². The van der Waals surface area contributed by atoms with E-state index < -0.39 is 5.66 Å². The molecule has 0 fully saturated rings. The van der Waals surface area contributed by atoms with Crippen molar-refractivity contribution in [3.05, 3.63) is 53.7 Å². The topological polar surface area (TPSA) is 127 Å². The van der Waals surface area contributed by atoms with Gasteiger partial charge in [-0.1, -0.05) is 12.1 Å². The van der Waals surface area contributed by atoms with Gasteiger partial charge in [-0.2, -0.15) is 0 Å². The van der Waals surface area contributed by atoms with E-state index in [0.717, 1.165) is 34.6 Å². The van der Waals surface area contributed by atoms with Crippen LogP contribution in [-0.4, -0.2) is 20.6 Å². The third kappa shape index (κ3) is 2.84. The number of H-pyrrole nitrogens is 1. The molecule has 1 aromatic carbocycles. The number of imidazole rings is 1. The number of aromatic amines is 1. The highest BCUT2D eigenvalue weighted by molar-refractivity contribution is 7.19. The number of nitrogens with two attached hydrogens (primary N) is 1. The Kier molecular flexibility index (Phi) is 4.14. The van der Waals surface area contributed by atoms with Crippen molar-refractivity contribution in [2.24, 2.45) is 5.73 Å². The monoisotopic (exact) mass is 329 g/mol. The van der Waals surface area contributed by atoms with Gasteiger partial charge in [-0.05, 0) is 25.0 Å². The highest BCUT2D eigenvalue weighted by Crippen LogP contribution is 2.34. The summed E-state index contributed by atoms with van der Waals surface area (Å²) in [4.78, 5) is 11.9. The summed E-state index contributed by atoms with van der Waals surface area (Å²) in [7, 11) is 0. The summed E-state index contributed by atoms with van der Waals surface area (Å²) in [5, 5.41) is 0.950. The SMILES string of the molecule is N.NC1(CCc2cnc[nH]2)NNC=C1c1nc2ccccc2s1. The van der Waals surface area contributed by atoms with Crippen molar-refractivity contribution in [1.82, 2.24) is 32.0 Å². The fourth-order valence-electron chi connectivity index (χ4n) is 2.62. The number of aromatic nitrogens is 3. The number of hydrazine groups is 1. The molecule has 0 bridgehead atoms. The van der Waals surface area contributed by atoms with Crippen LogP contribution in [0.1, 0.15) is 17.1 Å².